The van der Waals surface area contributed by atoms with Crippen LogP contribution in [0.1, 0.15) is 265 Å². The van der Waals surface area contributed by atoms with Crippen LogP contribution in [0.4, 0.5) is 0 Å². The van der Waals surface area contributed by atoms with Crippen LogP contribution in [0.15, 0.2) is 60.8 Å². The van der Waals surface area contributed by atoms with Crippen LogP contribution in [0.5, 0.6) is 0 Å². The highest BCUT2D eigenvalue weighted by atomic mass is 16.5. The van der Waals surface area contributed by atoms with Crippen molar-refractivity contribution >= 4 is 11.9 Å². The number of unbranched alkanes of at least 4 members (excludes halogenated alkanes) is 27. The number of allylic oxidation sites excluding steroid dienone is 10. The normalized spacial score (nSPS) is 13.7. The summed E-state index contributed by atoms with van der Waals surface area (Å²) in [6.45, 7) is 6.36. The van der Waals surface area contributed by atoms with Gasteiger partial charge in [0.25, 0.3) is 0 Å². The molecular formula is C57H103NO5. The van der Waals surface area contributed by atoms with Gasteiger partial charge in [0.05, 0.1) is 25.2 Å². The third-order valence-corrected chi connectivity index (χ3v) is 12.1. The second-order valence-electron chi connectivity index (χ2n) is 18.3. The van der Waals surface area contributed by atoms with Crippen molar-refractivity contribution in [2.24, 2.45) is 0 Å². The second-order valence-corrected chi connectivity index (χ2v) is 18.3. The summed E-state index contributed by atoms with van der Waals surface area (Å²) in [5, 5.41) is 23.8. The molecular weight excluding hydrogens is 779 g/mol. The first-order valence-electron chi connectivity index (χ1n) is 27.0. The van der Waals surface area contributed by atoms with Crippen LogP contribution >= 0.6 is 0 Å². The number of carbonyl (C=O) groups is 2. The van der Waals surface area contributed by atoms with Gasteiger partial charge in [0.1, 0.15) is 6.10 Å². The van der Waals surface area contributed by atoms with Crippen molar-refractivity contribution < 1.29 is 24.5 Å². The average molecular weight is 882 g/mol. The lowest BCUT2D eigenvalue weighted by Crippen LogP contribution is -2.46. The molecule has 0 aliphatic carbocycles. The number of esters is 1. The van der Waals surface area contributed by atoms with Gasteiger partial charge in [-0.25, -0.2) is 0 Å². The number of amides is 1. The summed E-state index contributed by atoms with van der Waals surface area (Å²) in [4.78, 5) is 26.2. The van der Waals surface area contributed by atoms with Gasteiger partial charge >= 0.3 is 5.97 Å². The minimum absolute atomic E-state index is 0.0536. The lowest BCUT2D eigenvalue weighted by Gasteiger charge is -2.24. The minimum Gasteiger partial charge on any atom is -0.462 e. The quantitative estimate of drug-likeness (QED) is 0.0245. The molecule has 0 saturated carbocycles. The Morgan fingerprint density at radius 3 is 1.41 bits per heavy atom. The lowest BCUT2D eigenvalue weighted by atomic mass is 10.0. The predicted molar refractivity (Wildman–Crippen MR) is 273 cm³/mol. The van der Waals surface area contributed by atoms with E-state index in [-0.39, 0.29) is 24.9 Å². The Labute approximate surface area is 390 Å². The van der Waals surface area contributed by atoms with Crippen LogP contribution in [-0.4, -0.2) is 46.9 Å². The Bertz CT molecular complexity index is 1130. The van der Waals surface area contributed by atoms with Crippen LogP contribution in [0.3, 0.4) is 0 Å². The summed E-state index contributed by atoms with van der Waals surface area (Å²) < 4.78 is 5.93. The zero-order chi connectivity index (χ0) is 45.9. The first-order chi connectivity index (χ1) is 31.0. The summed E-state index contributed by atoms with van der Waals surface area (Å²) in [6, 6.07) is -0.714. The maximum absolute atomic E-state index is 13.2. The Morgan fingerprint density at radius 2 is 0.905 bits per heavy atom. The van der Waals surface area contributed by atoms with E-state index in [0.29, 0.717) is 19.3 Å². The highest BCUT2D eigenvalue weighted by Crippen LogP contribution is 2.17. The zero-order valence-corrected chi connectivity index (χ0v) is 41.7. The highest BCUT2D eigenvalue weighted by molar-refractivity contribution is 5.77. The number of hydrogen-bond donors (Lipinski definition) is 3. The molecule has 366 valence electrons. The molecule has 0 heterocycles. The van der Waals surface area contributed by atoms with Crippen molar-refractivity contribution in [1.29, 1.82) is 0 Å². The van der Waals surface area contributed by atoms with E-state index in [4.69, 9.17) is 4.74 Å². The number of ether oxygens (including phenoxy) is 1. The summed E-state index contributed by atoms with van der Waals surface area (Å²) in [5.41, 5.74) is 0. The summed E-state index contributed by atoms with van der Waals surface area (Å²) in [6.07, 6.45) is 62.8. The van der Waals surface area contributed by atoms with E-state index in [1.165, 1.54) is 122 Å². The average Bonchev–Trinajstić information content (AvgIpc) is 3.28. The third-order valence-electron chi connectivity index (χ3n) is 12.1. The Kier molecular flexibility index (Phi) is 48.6. The molecule has 0 aliphatic heterocycles. The van der Waals surface area contributed by atoms with Gasteiger partial charge in [0.15, 0.2) is 0 Å². The topological polar surface area (TPSA) is 95.9 Å². The van der Waals surface area contributed by atoms with Gasteiger partial charge in [-0.2, -0.15) is 0 Å². The van der Waals surface area contributed by atoms with Crippen molar-refractivity contribution in [1.82, 2.24) is 5.32 Å². The number of hydrogen-bond acceptors (Lipinski definition) is 5. The molecule has 0 rings (SSSR count). The van der Waals surface area contributed by atoms with Gasteiger partial charge < -0.3 is 20.3 Å². The van der Waals surface area contributed by atoms with Crippen molar-refractivity contribution in [2.75, 3.05) is 6.61 Å². The summed E-state index contributed by atoms with van der Waals surface area (Å²) >= 11 is 0. The second kappa shape index (κ2) is 50.6. The van der Waals surface area contributed by atoms with Crippen LogP contribution < -0.4 is 5.32 Å². The van der Waals surface area contributed by atoms with Gasteiger partial charge in [-0.3, -0.25) is 9.59 Å². The molecule has 0 aliphatic rings. The van der Waals surface area contributed by atoms with E-state index in [1.807, 2.05) is 0 Å². The fourth-order valence-corrected chi connectivity index (χ4v) is 8.02. The predicted octanol–water partition coefficient (Wildman–Crippen LogP) is 16.4. The van der Waals surface area contributed by atoms with E-state index < -0.39 is 18.2 Å². The Hall–Kier alpha value is -2.44. The first kappa shape index (κ1) is 60.6. The van der Waals surface area contributed by atoms with E-state index in [0.717, 1.165) is 96.3 Å². The molecule has 63 heavy (non-hydrogen) atoms. The van der Waals surface area contributed by atoms with Gasteiger partial charge in [-0.1, -0.05) is 229 Å². The van der Waals surface area contributed by atoms with E-state index in [9.17, 15) is 19.8 Å². The molecule has 6 nitrogen and oxygen atoms in total. The molecule has 0 bridgehead atoms. The maximum atomic E-state index is 13.2. The fraction of sp³-hybridized carbons (Fsp3) is 0.789. The smallest absolute Gasteiger partial charge is 0.306 e. The van der Waals surface area contributed by atoms with Gasteiger partial charge in [-0.05, 0) is 83.5 Å². The Morgan fingerprint density at radius 1 is 0.492 bits per heavy atom. The number of aliphatic hydroxyl groups excluding tert-OH is 2. The maximum Gasteiger partial charge on any atom is 0.306 e. The van der Waals surface area contributed by atoms with Gasteiger partial charge in [-0.15, -0.1) is 0 Å². The molecule has 0 aromatic heterocycles. The molecule has 3 atom stereocenters. The van der Waals surface area contributed by atoms with E-state index in [2.05, 4.69) is 86.8 Å². The molecule has 1 amide bonds. The van der Waals surface area contributed by atoms with Gasteiger partial charge in [0.2, 0.25) is 5.91 Å². The standard InChI is InChI=1S/C57H103NO5/c1-4-7-10-13-16-19-22-25-27-29-31-33-36-39-42-45-48-53(63-57(62)50-47-44-41-38-35-32-30-28-26-23-20-17-14-11-8-5-2)51-56(61)58-54(52-59)55(60)49-46-43-40-37-34-24-21-18-15-12-9-6-3/h8,11,17,20,26-29,31,33,53-55,59-60H,4-7,9-10,12-16,18-19,21-25,30,32,34-52H2,1-3H3,(H,58,61)/b11-8+,20-17+,28-26+,29-27+,33-31+. The molecule has 0 fully saturated rings. The van der Waals surface area contributed by atoms with Crippen molar-refractivity contribution in [2.45, 2.75) is 283 Å². The largest absolute Gasteiger partial charge is 0.462 e. The molecule has 3 N–H and O–H groups in total. The van der Waals surface area contributed by atoms with Crippen molar-refractivity contribution in [3.8, 4) is 0 Å². The zero-order valence-electron chi connectivity index (χ0n) is 41.7. The molecule has 0 saturated heterocycles. The molecule has 3 unspecified atom stereocenters. The lowest BCUT2D eigenvalue weighted by molar-refractivity contribution is -0.151. The number of carbonyl (C=O) groups excluding carboxylic acids is 2. The summed E-state index contributed by atoms with van der Waals surface area (Å²) in [5.74, 6) is -0.511. The van der Waals surface area contributed by atoms with Gasteiger partial charge in [0, 0.05) is 6.42 Å². The SMILES string of the molecule is CC/C=C/C/C=C/C/C=C/CCCCCCCCC(=O)OC(CCCCC/C=C/C=C/CCCCCCCCC)CC(=O)NC(CO)C(O)CCCCCCCCCCCCCC. The van der Waals surface area contributed by atoms with Crippen LogP contribution in [0.25, 0.3) is 0 Å². The van der Waals surface area contributed by atoms with Crippen molar-refractivity contribution in [3.05, 3.63) is 60.8 Å². The molecule has 0 radical (unpaired) electrons. The minimum atomic E-state index is -0.798. The van der Waals surface area contributed by atoms with E-state index in [1.54, 1.807) is 0 Å². The third kappa shape index (κ3) is 45.9. The molecule has 6 heteroatoms. The van der Waals surface area contributed by atoms with Crippen LogP contribution in [-0.2, 0) is 14.3 Å². The monoisotopic (exact) mass is 882 g/mol. The number of aliphatic hydroxyl groups is 2. The highest BCUT2D eigenvalue weighted by Gasteiger charge is 2.24. The van der Waals surface area contributed by atoms with Crippen LogP contribution in [0, 0.1) is 0 Å². The fourth-order valence-electron chi connectivity index (χ4n) is 8.02. The van der Waals surface area contributed by atoms with Crippen molar-refractivity contribution in [3.63, 3.8) is 0 Å². The molecule has 0 aromatic carbocycles. The number of rotatable bonds is 48. The molecule has 0 aromatic rings. The first-order valence-corrected chi connectivity index (χ1v) is 27.0. The summed E-state index contributed by atoms with van der Waals surface area (Å²) in [7, 11) is 0. The van der Waals surface area contributed by atoms with E-state index >= 15 is 0 Å². The molecule has 0 spiro atoms. The Balaban J connectivity index is 4.65. The van der Waals surface area contributed by atoms with Crippen LogP contribution in [0.2, 0.25) is 0 Å². The number of nitrogens with one attached hydrogen (secondary N) is 1.